The fourth-order valence-corrected chi connectivity index (χ4v) is 5.69. The number of anilines is 1. The maximum atomic E-state index is 14.9. The monoisotopic (exact) mass is 513 g/mol. The molecule has 2 aromatic carbocycles. The van der Waals surface area contributed by atoms with E-state index in [1.165, 1.54) is 30.3 Å². The SMILES string of the molecule is [C-]#[N+]c1ccc(F)c(C(c2cc(NS(C)(=O)=O)ncc2Cl)S(=O)(=O)c2ccc(Cl)cc2)c1. The highest BCUT2D eigenvalue weighted by atomic mass is 35.5. The van der Waals surface area contributed by atoms with Crippen LogP contribution in [0.1, 0.15) is 16.4 Å². The maximum Gasteiger partial charge on any atom is 0.230 e. The number of aromatic nitrogens is 1. The summed E-state index contributed by atoms with van der Waals surface area (Å²) in [6.07, 6.45) is 1.95. The molecule has 1 aromatic heterocycles. The minimum absolute atomic E-state index is 0.0115. The van der Waals surface area contributed by atoms with E-state index >= 15 is 0 Å². The van der Waals surface area contributed by atoms with E-state index in [-0.39, 0.29) is 32.6 Å². The average molecular weight is 514 g/mol. The maximum absolute atomic E-state index is 14.9. The van der Waals surface area contributed by atoms with Gasteiger partial charge >= 0.3 is 0 Å². The second-order valence-electron chi connectivity index (χ2n) is 6.66. The fraction of sp³-hybridized carbons (Fsp3) is 0.100. The summed E-state index contributed by atoms with van der Waals surface area (Å²) < 4.78 is 67.5. The van der Waals surface area contributed by atoms with E-state index in [0.717, 1.165) is 30.7 Å². The lowest BCUT2D eigenvalue weighted by atomic mass is 10.0. The van der Waals surface area contributed by atoms with Gasteiger partial charge < -0.3 is 0 Å². The number of sulfone groups is 1. The van der Waals surface area contributed by atoms with Crippen LogP contribution in [0, 0.1) is 12.4 Å². The van der Waals surface area contributed by atoms with Crippen molar-refractivity contribution in [2.75, 3.05) is 11.0 Å². The van der Waals surface area contributed by atoms with Crippen molar-refractivity contribution in [2.24, 2.45) is 0 Å². The van der Waals surface area contributed by atoms with E-state index in [1.54, 1.807) is 0 Å². The molecule has 0 spiro atoms. The van der Waals surface area contributed by atoms with Gasteiger partial charge in [-0.05, 0) is 48.0 Å². The summed E-state index contributed by atoms with van der Waals surface area (Å²) >= 11 is 12.1. The van der Waals surface area contributed by atoms with E-state index in [9.17, 15) is 21.2 Å². The molecule has 1 heterocycles. The summed E-state index contributed by atoms with van der Waals surface area (Å²) in [6.45, 7) is 7.20. The van der Waals surface area contributed by atoms with Crippen molar-refractivity contribution in [3.63, 3.8) is 0 Å². The minimum Gasteiger partial charge on any atom is -0.268 e. The van der Waals surface area contributed by atoms with Gasteiger partial charge in [0.05, 0.1) is 22.7 Å². The molecule has 0 aliphatic rings. The van der Waals surface area contributed by atoms with Gasteiger partial charge in [0.1, 0.15) is 16.9 Å². The fourth-order valence-electron chi connectivity index (χ4n) is 2.96. The summed E-state index contributed by atoms with van der Waals surface area (Å²) in [4.78, 5) is 6.91. The third kappa shape index (κ3) is 5.19. The Kier molecular flexibility index (Phi) is 6.76. The van der Waals surface area contributed by atoms with Gasteiger partial charge in [-0.15, -0.1) is 0 Å². The highest BCUT2D eigenvalue weighted by Gasteiger charge is 2.35. The molecule has 0 fully saturated rings. The second-order valence-corrected chi connectivity index (χ2v) is 11.3. The lowest BCUT2D eigenvalue weighted by Gasteiger charge is -2.21. The first kappa shape index (κ1) is 23.9. The van der Waals surface area contributed by atoms with E-state index in [4.69, 9.17) is 29.8 Å². The molecule has 0 radical (unpaired) electrons. The van der Waals surface area contributed by atoms with Crippen molar-refractivity contribution < 1.29 is 21.2 Å². The molecular formula is C20H14Cl2FN3O4S2. The molecule has 1 N–H and O–H groups in total. The van der Waals surface area contributed by atoms with Gasteiger partial charge in [0.15, 0.2) is 15.5 Å². The third-order valence-electron chi connectivity index (χ3n) is 4.30. The molecule has 3 rings (SSSR count). The Morgan fingerprint density at radius 1 is 1.03 bits per heavy atom. The minimum atomic E-state index is -4.35. The Morgan fingerprint density at radius 2 is 1.69 bits per heavy atom. The number of sulfonamides is 1. The summed E-state index contributed by atoms with van der Waals surface area (Å²) in [5, 5.41) is -1.55. The van der Waals surface area contributed by atoms with Crippen LogP contribution in [0.25, 0.3) is 4.85 Å². The summed E-state index contributed by atoms with van der Waals surface area (Å²) in [6, 6.07) is 9.66. The van der Waals surface area contributed by atoms with Crippen LogP contribution in [-0.4, -0.2) is 28.1 Å². The first-order valence-electron chi connectivity index (χ1n) is 8.72. The average Bonchev–Trinajstić information content (AvgIpc) is 2.71. The first-order valence-corrected chi connectivity index (χ1v) is 12.9. The lowest BCUT2D eigenvalue weighted by molar-refractivity contribution is 0.578. The van der Waals surface area contributed by atoms with Crippen molar-refractivity contribution in [3.05, 3.63) is 93.1 Å². The van der Waals surface area contributed by atoms with Gasteiger partial charge in [-0.1, -0.05) is 29.3 Å². The predicted octanol–water partition coefficient (Wildman–Crippen LogP) is 5.01. The van der Waals surface area contributed by atoms with Crippen LogP contribution < -0.4 is 4.72 Å². The van der Waals surface area contributed by atoms with E-state index < -0.39 is 30.9 Å². The Balaban J connectivity index is 2.33. The molecule has 0 aliphatic heterocycles. The molecule has 1 atom stereocenters. The van der Waals surface area contributed by atoms with Crippen molar-refractivity contribution in [1.29, 1.82) is 0 Å². The Hall–Kier alpha value is -2.71. The summed E-state index contributed by atoms with van der Waals surface area (Å²) in [5.74, 6) is -1.09. The van der Waals surface area contributed by atoms with Gasteiger partial charge in [0.25, 0.3) is 0 Å². The smallest absolute Gasteiger partial charge is 0.230 e. The summed E-state index contributed by atoms with van der Waals surface area (Å²) in [7, 11) is -8.09. The number of hydrogen-bond donors (Lipinski definition) is 1. The molecule has 166 valence electrons. The van der Waals surface area contributed by atoms with Gasteiger partial charge in [0, 0.05) is 16.8 Å². The van der Waals surface area contributed by atoms with Gasteiger partial charge in [-0.25, -0.2) is 31.1 Å². The molecule has 0 amide bonds. The Labute approximate surface area is 194 Å². The third-order valence-corrected chi connectivity index (χ3v) is 7.51. The van der Waals surface area contributed by atoms with Crippen molar-refractivity contribution in [2.45, 2.75) is 10.1 Å². The first-order chi connectivity index (χ1) is 14.9. The number of pyridine rings is 1. The summed E-state index contributed by atoms with van der Waals surface area (Å²) in [5.41, 5.74) is -0.437. The van der Waals surface area contributed by atoms with E-state index in [2.05, 4.69) is 14.6 Å². The number of halogens is 3. The van der Waals surface area contributed by atoms with E-state index in [1.807, 2.05) is 0 Å². The second kappa shape index (κ2) is 9.03. The molecule has 0 bridgehead atoms. The van der Waals surface area contributed by atoms with Crippen LogP contribution in [0.4, 0.5) is 15.9 Å². The van der Waals surface area contributed by atoms with Crippen LogP contribution in [0.5, 0.6) is 0 Å². The molecule has 0 saturated carbocycles. The van der Waals surface area contributed by atoms with Gasteiger partial charge in [-0.2, -0.15) is 0 Å². The molecule has 7 nitrogen and oxygen atoms in total. The molecule has 1 unspecified atom stereocenters. The molecule has 0 aliphatic carbocycles. The quantitative estimate of drug-likeness (QED) is 0.467. The van der Waals surface area contributed by atoms with Crippen molar-refractivity contribution >= 4 is 54.6 Å². The Bertz CT molecular complexity index is 1440. The topological polar surface area (TPSA) is 97.6 Å². The number of nitrogens with one attached hydrogen (secondary N) is 1. The zero-order chi connectivity index (χ0) is 23.7. The highest BCUT2D eigenvalue weighted by molar-refractivity contribution is 7.92. The van der Waals surface area contributed by atoms with Crippen LogP contribution >= 0.6 is 23.2 Å². The van der Waals surface area contributed by atoms with Crippen LogP contribution in [-0.2, 0) is 19.9 Å². The molecule has 3 aromatic rings. The molecular weight excluding hydrogens is 500 g/mol. The molecule has 0 saturated heterocycles. The lowest BCUT2D eigenvalue weighted by Crippen LogP contribution is -2.18. The van der Waals surface area contributed by atoms with Crippen molar-refractivity contribution in [3.8, 4) is 0 Å². The Morgan fingerprint density at radius 3 is 2.28 bits per heavy atom. The zero-order valence-electron chi connectivity index (χ0n) is 16.3. The van der Waals surface area contributed by atoms with Gasteiger partial charge in [0.2, 0.25) is 10.0 Å². The number of benzene rings is 2. The number of nitrogens with zero attached hydrogens (tertiary/aromatic N) is 2. The van der Waals surface area contributed by atoms with Crippen LogP contribution in [0.2, 0.25) is 10.0 Å². The van der Waals surface area contributed by atoms with E-state index in [0.29, 0.717) is 5.02 Å². The van der Waals surface area contributed by atoms with Crippen molar-refractivity contribution in [1.82, 2.24) is 4.98 Å². The predicted molar refractivity (Wildman–Crippen MR) is 121 cm³/mol. The highest BCUT2D eigenvalue weighted by Crippen LogP contribution is 2.41. The standard InChI is InChI=1S/C20H14Cl2FN3O4S2/c1-24-13-5-8-18(23)16(9-13)20(32(29,30)14-6-3-12(21)4-7-14)15-10-19(25-11-17(15)22)26-31(2,27)28/h3-11,20H,2H3,(H,25,26). The zero-order valence-corrected chi connectivity index (χ0v) is 19.4. The van der Waals surface area contributed by atoms with Crippen LogP contribution in [0.15, 0.2) is 59.6 Å². The van der Waals surface area contributed by atoms with Gasteiger partial charge in [-0.3, -0.25) is 4.72 Å². The molecule has 12 heteroatoms. The normalized spacial score (nSPS) is 12.7. The van der Waals surface area contributed by atoms with Crippen LogP contribution in [0.3, 0.4) is 0 Å². The number of rotatable bonds is 6. The largest absolute Gasteiger partial charge is 0.268 e. The number of hydrogen-bond acceptors (Lipinski definition) is 5. The molecule has 32 heavy (non-hydrogen) atoms.